The third-order valence-electron chi connectivity index (χ3n) is 7.95. The summed E-state index contributed by atoms with van der Waals surface area (Å²) in [5, 5.41) is 0. The molecule has 0 aromatic carbocycles. The molecule has 2 aliphatic heterocycles. The number of allylic oxidation sites excluding steroid dienone is 2. The van der Waals surface area contributed by atoms with Gasteiger partial charge in [0.15, 0.2) is 0 Å². The molecule has 2 heteroatoms. The van der Waals surface area contributed by atoms with Gasteiger partial charge in [-0.05, 0) is 115 Å². The summed E-state index contributed by atoms with van der Waals surface area (Å²) in [5.41, 5.74) is 0. The summed E-state index contributed by atoms with van der Waals surface area (Å²) in [5.74, 6) is 1.77. The molecule has 0 atom stereocenters. The van der Waals surface area contributed by atoms with E-state index in [1.165, 1.54) is 116 Å². The van der Waals surface area contributed by atoms with Gasteiger partial charge < -0.3 is 9.80 Å². The molecule has 2 aliphatic carbocycles. The minimum atomic E-state index is 0.885. The van der Waals surface area contributed by atoms with E-state index in [1.807, 2.05) is 0 Å². The van der Waals surface area contributed by atoms with Gasteiger partial charge in [0.05, 0.1) is 0 Å². The van der Waals surface area contributed by atoms with Crippen molar-refractivity contribution in [3.8, 4) is 0 Å². The Morgan fingerprint density at radius 3 is 1.12 bits per heavy atom. The molecule has 148 valence electrons. The van der Waals surface area contributed by atoms with Gasteiger partial charge in [-0.3, -0.25) is 0 Å². The molecule has 0 radical (unpaired) electrons. The van der Waals surface area contributed by atoms with E-state index in [1.54, 1.807) is 0 Å². The molecule has 2 heterocycles. The highest BCUT2D eigenvalue weighted by molar-refractivity contribution is 4.98. The maximum atomic E-state index is 2.81. The van der Waals surface area contributed by atoms with E-state index in [-0.39, 0.29) is 0 Å². The van der Waals surface area contributed by atoms with E-state index < -0.39 is 0 Å². The maximum absolute atomic E-state index is 2.81. The Balaban J connectivity index is 1.15. The molecule has 4 rings (SSSR count). The molecule has 0 aromatic rings. The molecule has 2 nitrogen and oxygen atoms in total. The lowest BCUT2D eigenvalue weighted by Gasteiger charge is -2.39. The van der Waals surface area contributed by atoms with Gasteiger partial charge in [0.1, 0.15) is 0 Å². The minimum absolute atomic E-state index is 0.885. The fourth-order valence-corrected chi connectivity index (χ4v) is 6.20. The fourth-order valence-electron chi connectivity index (χ4n) is 6.20. The van der Waals surface area contributed by atoms with Gasteiger partial charge in [-0.25, -0.2) is 0 Å². The van der Waals surface area contributed by atoms with E-state index in [0.29, 0.717) is 0 Å². The average molecular weight is 359 g/mol. The monoisotopic (exact) mass is 358 g/mol. The van der Waals surface area contributed by atoms with Crippen LogP contribution >= 0.6 is 0 Å². The Morgan fingerprint density at radius 2 is 0.769 bits per heavy atom. The lowest BCUT2D eigenvalue weighted by molar-refractivity contribution is 0.119. The zero-order chi connectivity index (χ0) is 17.6. The third-order valence-corrected chi connectivity index (χ3v) is 7.95. The quantitative estimate of drug-likeness (QED) is 0.601. The molecule has 0 bridgehead atoms. The van der Waals surface area contributed by atoms with Crippen LogP contribution in [0.15, 0.2) is 12.2 Å². The summed E-state index contributed by atoms with van der Waals surface area (Å²) in [6.45, 7) is 5.52. The summed E-state index contributed by atoms with van der Waals surface area (Å²) in [6.07, 6.45) is 25.6. The van der Waals surface area contributed by atoms with Crippen LogP contribution in [-0.2, 0) is 0 Å². The molecular weight excluding hydrogens is 316 g/mol. The number of hydrogen-bond donors (Lipinski definition) is 0. The van der Waals surface area contributed by atoms with Crippen LogP contribution in [0.3, 0.4) is 0 Å². The van der Waals surface area contributed by atoms with Gasteiger partial charge in [0.2, 0.25) is 0 Å². The molecule has 0 spiro atoms. The van der Waals surface area contributed by atoms with Crippen LogP contribution in [0.25, 0.3) is 0 Å². The maximum Gasteiger partial charge on any atom is 0.00956 e. The Bertz CT molecular complexity index is 377. The van der Waals surface area contributed by atoms with Crippen LogP contribution in [-0.4, -0.2) is 48.1 Å². The molecule has 0 aromatic heterocycles. The van der Waals surface area contributed by atoms with Crippen molar-refractivity contribution in [2.75, 3.05) is 26.2 Å². The standard InChI is InChI=1S/C24H42N2/c1-3-17-25(18-4-1)23-13-9-21(10-14-23)7-8-22-11-15-24(16-12-22)26-19-5-2-6-20-26/h7-8,21-24H,1-6,9-20H2. The molecule has 0 unspecified atom stereocenters. The summed E-state index contributed by atoms with van der Waals surface area (Å²) in [6, 6.07) is 1.83. The highest BCUT2D eigenvalue weighted by Gasteiger charge is 2.27. The minimum Gasteiger partial charge on any atom is -0.300 e. The first-order chi connectivity index (χ1) is 12.9. The van der Waals surface area contributed by atoms with Gasteiger partial charge in [0.25, 0.3) is 0 Å². The first-order valence-corrected chi connectivity index (χ1v) is 12.0. The van der Waals surface area contributed by atoms with Crippen LogP contribution in [0.4, 0.5) is 0 Å². The summed E-state index contributed by atoms with van der Waals surface area (Å²) < 4.78 is 0. The first-order valence-electron chi connectivity index (χ1n) is 12.0. The SMILES string of the molecule is C(=CC1CCC(N2CCCCC2)CC1)C1CCC(N2CCCCC2)CC1. The zero-order valence-corrected chi connectivity index (χ0v) is 17.1. The van der Waals surface area contributed by atoms with Gasteiger partial charge >= 0.3 is 0 Å². The van der Waals surface area contributed by atoms with E-state index in [9.17, 15) is 0 Å². The summed E-state index contributed by atoms with van der Waals surface area (Å²) >= 11 is 0. The fraction of sp³-hybridized carbons (Fsp3) is 0.917. The molecule has 26 heavy (non-hydrogen) atoms. The lowest BCUT2D eigenvalue weighted by atomic mass is 9.81. The van der Waals surface area contributed by atoms with E-state index in [4.69, 9.17) is 0 Å². The van der Waals surface area contributed by atoms with Crippen molar-refractivity contribution in [3.63, 3.8) is 0 Å². The van der Waals surface area contributed by atoms with Crippen molar-refractivity contribution in [1.82, 2.24) is 9.80 Å². The number of rotatable bonds is 4. The van der Waals surface area contributed by atoms with Crippen molar-refractivity contribution in [1.29, 1.82) is 0 Å². The van der Waals surface area contributed by atoms with Crippen LogP contribution in [0.2, 0.25) is 0 Å². The second-order valence-electron chi connectivity index (χ2n) is 9.72. The number of likely N-dealkylation sites (tertiary alicyclic amines) is 2. The Morgan fingerprint density at radius 1 is 0.423 bits per heavy atom. The largest absolute Gasteiger partial charge is 0.300 e. The predicted octanol–water partition coefficient (Wildman–Crippen LogP) is 5.63. The van der Waals surface area contributed by atoms with E-state index >= 15 is 0 Å². The number of nitrogens with zero attached hydrogens (tertiary/aromatic N) is 2. The van der Waals surface area contributed by atoms with Crippen molar-refractivity contribution in [2.24, 2.45) is 11.8 Å². The van der Waals surface area contributed by atoms with Crippen LogP contribution in [0.5, 0.6) is 0 Å². The lowest BCUT2D eigenvalue weighted by Crippen LogP contribution is -2.41. The zero-order valence-electron chi connectivity index (χ0n) is 17.1. The van der Waals surface area contributed by atoms with Gasteiger partial charge in [-0.2, -0.15) is 0 Å². The average Bonchev–Trinajstić information content (AvgIpc) is 2.74. The predicted molar refractivity (Wildman–Crippen MR) is 111 cm³/mol. The summed E-state index contributed by atoms with van der Waals surface area (Å²) in [4.78, 5) is 5.62. The number of piperidine rings is 2. The molecule has 4 fully saturated rings. The van der Waals surface area contributed by atoms with Crippen molar-refractivity contribution in [2.45, 2.75) is 102 Å². The second kappa shape index (κ2) is 9.73. The van der Waals surface area contributed by atoms with Gasteiger partial charge in [-0.15, -0.1) is 0 Å². The molecular formula is C24H42N2. The van der Waals surface area contributed by atoms with Crippen molar-refractivity contribution < 1.29 is 0 Å². The van der Waals surface area contributed by atoms with Gasteiger partial charge in [0, 0.05) is 12.1 Å². The smallest absolute Gasteiger partial charge is 0.00956 e. The topological polar surface area (TPSA) is 6.48 Å². The van der Waals surface area contributed by atoms with E-state index in [2.05, 4.69) is 22.0 Å². The van der Waals surface area contributed by atoms with Crippen LogP contribution < -0.4 is 0 Å². The first kappa shape index (κ1) is 19.0. The number of hydrogen-bond acceptors (Lipinski definition) is 2. The third kappa shape index (κ3) is 5.13. The van der Waals surface area contributed by atoms with Crippen molar-refractivity contribution in [3.05, 3.63) is 12.2 Å². The normalized spacial score (nSPS) is 38.6. The van der Waals surface area contributed by atoms with Crippen LogP contribution in [0, 0.1) is 11.8 Å². The molecule has 2 saturated heterocycles. The Kier molecular flexibility index (Phi) is 7.11. The van der Waals surface area contributed by atoms with E-state index in [0.717, 1.165) is 23.9 Å². The van der Waals surface area contributed by atoms with Gasteiger partial charge in [-0.1, -0.05) is 25.0 Å². The molecule has 0 amide bonds. The molecule has 2 saturated carbocycles. The van der Waals surface area contributed by atoms with Crippen LogP contribution in [0.1, 0.15) is 89.9 Å². The Labute approximate surface area is 162 Å². The molecule has 0 N–H and O–H groups in total. The summed E-state index contributed by atoms with van der Waals surface area (Å²) in [7, 11) is 0. The second-order valence-corrected chi connectivity index (χ2v) is 9.72. The highest BCUT2D eigenvalue weighted by Crippen LogP contribution is 2.33. The molecule has 4 aliphatic rings. The Hall–Kier alpha value is -0.340. The highest BCUT2D eigenvalue weighted by atomic mass is 15.2. The van der Waals surface area contributed by atoms with Crippen molar-refractivity contribution >= 4 is 0 Å².